The Hall–Kier alpha value is -3.09. The number of rotatable bonds is 6. The summed E-state index contributed by atoms with van der Waals surface area (Å²) in [5.41, 5.74) is 1.08. The van der Waals surface area contributed by atoms with Gasteiger partial charge < -0.3 is 9.73 Å². The maximum atomic E-state index is 13.8. The topological polar surface area (TPSA) is 68.0 Å². The third-order valence-electron chi connectivity index (χ3n) is 3.90. The zero-order valence-electron chi connectivity index (χ0n) is 14.1. The molecule has 1 unspecified atom stereocenters. The molecule has 1 amide bonds. The summed E-state index contributed by atoms with van der Waals surface area (Å²) in [5.74, 6) is -1.02. The van der Waals surface area contributed by atoms with E-state index in [9.17, 15) is 13.6 Å². The second-order valence-electron chi connectivity index (χ2n) is 5.81. The highest BCUT2D eigenvalue weighted by molar-refractivity contribution is 5.76. The van der Waals surface area contributed by atoms with Crippen molar-refractivity contribution in [2.45, 2.75) is 25.8 Å². The smallest absolute Gasteiger partial charge is 0.220 e. The average molecular weight is 357 g/mol. The SMILES string of the molecule is CC(NC(=O)CCc1ncc(-c2ccc(F)cc2F)o1)c1ccncc1. The fourth-order valence-electron chi connectivity index (χ4n) is 2.51. The summed E-state index contributed by atoms with van der Waals surface area (Å²) >= 11 is 0. The van der Waals surface area contributed by atoms with Gasteiger partial charge in [0.25, 0.3) is 0 Å². The molecule has 3 aromatic rings. The molecule has 2 heterocycles. The molecular formula is C19H17F2N3O2. The average Bonchev–Trinajstić information content (AvgIpc) is 3.09. The van der Waals surface area contributed by atoms with E-state index in [-0.39, 0.29) is 36.1 Å². The largest absolute Gasteiger partial charge is 0.441 e. The van der Waals surface area contributed by atoms with Crippen LogP contribution >= 0.6 is 0 Å². The molecule has 26 heavy (non-hydrogen) atoms. The van der Waals surface area contributed by atoms with Gasteiger partial charge in [-0.3, -0.25) is 9.78 Å². The highest BCUT2D eigenvalue weighted by Crippen LogP contribution is 2.24. The predicted octanol–water partition coefficient (Wildman–Crippen LogP) is 3.82. The van der Waals surface area contributed by atoms with E-state index in [1.807, 2.05) is 19.1 Å². The second-order valence-corrected chi connectivity index (χ2v) is 5.81. The number of halogens is 2. The van der Waals surface area contributed by atoms with Crippen molar-refractivity contribution in [1.29, 1.82) is 0 Å². The van der Waals surface area contributed by atoms with Crippen LogP contribution in [-0.4, -0.2) is 15.9 Å². The maximum Gasteiger partial charge on any atom is 0.220 e. The van der Waals surface area contributed by atoms with Gasteiger partial charge in [-0.15, -0.1) is 0 Å². The van der Waals surface area contributed by atoms with Gasteiger partial charge in [0.15, 0.2) is 11.7 Å². The highest BCUT2D eigenvalue weighted by atomic mass is 19.1. The summed E-state index contributed by atoms with van der Waals surface area (Å²) in [4.78, 5) is 20.1. The highest BCUT2D eigenvalue weighted by Gasteiger charge is 2.14. The maximum absolute atomic E-state index is 13.8. The van der Waals surface area contributed by atoms with E-state index in [1.165, 1.54) is 12.3 Å². The number of oxazole rings is 1. The molecule has 0 radical (unpaired) electrons. The number of nitrogens with one attached hydrogen (secondary N) is 1. The van der Waals surface area contributed by atoms with Crippen LogP contribution in [0.1, 0.15) is 30.8 Å². The van der Waals surface area contributed by atoms with Gasteiger partial charge in [-0.1, -0.05) is 0 Å². The molecule has 7 heteroatoms. The van der Waals surface area contributed by atoms with E-state index in [4.69, 9.17) is 4.42 Å². The molecule has 0 aliphatic heterocycles. The standard InChI is InChI=1S/C19H17F2N3O2/c1-12(13-6-8-22-9-7-13)24-18(25)4-5-19-23-11-17(26-19)15-3-2-14(20)10-16(15)21/h2-3,6-12H,4-5H2,1H3,(H,24,25). The molecule has 2 aromatic heterocycles. The minimum Gasteiger partial charge on any atom is -0.441 e. The second kappa shape index (κ2) is 7.86. The third kappa shape index (κ3) is 4.30. The number of hydrogen-bond acceptors (Lipinski definition) is 4. The zero-order chi connectivity index (χ0) is 18.5. The van der Waals surface area contributed by atoms with E-state index in [0.29, 0.717) is 5.89 Å². The number of pyridine rings is 1. The number of carbonyl (C=O) groups excluding carboxylic acids is 1. The van der Waals surface area contributed by atoms with E-state index in [0.717, 1.165) is 17.7 Å². The van der Waals surface area contributed by atoms with Crippen molar-refractivity contribution in [3.63, 3.8) is 0 Å². The molecule has 1 atom stereocenters. The van der Waals surface area contributed by atoms with E-state index in [1.54, 1.807) is 12.4 Å². The summed E-state index contributed by atoms with van der Waals surface area (Å²) in [6.07, 6.45) is 5.16. The molecule has 0 aliphatic carbocycles. The van der Waals surface area contributed by atoms with Crippen LogP contribution in [0.25, 0.3) is 11.3 Å². The van der Waals surface area contributed by atoms with Crippen molar-refractivity contribution in [2.75, 3.05) is 0 Å². The molecule has 5 nitrogen and oxygen atoms in total. The molecular weight excluding hydrogens is 340 g/mol. The van der Waals surface area contributed by atoms with Crippen molar-refractivity contribution in [3.8, 4) is 11.3 Å². The number of benzene rings is 1. The molecule has 0 spiro atoms. The Morgan fingerprint density at radius 3 is 2.73 bits per heavy atom. The van der Waals surface area contributed by atoms with Crippen LogP contribution in [0.3, 0.4) is 0 Å². The molecule has 0 bridgehead atoms. The fourth-order valence-corrected chi connectivity index (χ4v) is 2.51. The van der Waals surface area contributed by atoms with Gasteiger partial charge >= 0.3 is 0 Å². The number of aromatic nitrogens is 2. The van der Waals surface area contributed by atoms with Gasteiger partial charge in [0.1, 0.15) is 11.6 Å². The summed E-state index contributed by atoms with van der Waals surface area (Å²) in [6, 6.07) is 6.75. The van der Waals surface area contributed by atoms with Gasteiger partial charge in [-0.25, -0.2) is 13.8 Å². The normalized spacial score (nSPS) is 12.0. The molecule has 0 saturated heterocycles. The van der Waals surface area contributed by atoms with Crippen molar-refractivity contribution < 1.29 is 18.0 Å². The van der Waals surface area contributed by atoms with Crippen LogP contribution in [0.4, 0.5) is 8.78 Å². The fraction of sp³-hybridized carbons (Fsp3) is 0.211. The molecule has 1 N–H and O–H groups in total. The van der Waals surface area contributed by atoms with Gasteiger partial charge in [-0.2, -0.15) is 0 Å². The van der Waals surface area contributed by atoms with Crippen LogP contribution < -0.4 is 5.32 Å². The molecule has 134 valence electrons. The van der Waals surface area contributed by atoms with E-state index < -0.39 is 11.6 Å². The first kappa shape index (κ1) is 17.7. The monoisotopic (exact) mass is 357 g/mol. The lowest BCUT2D eigenvalue weighted by molar-refractivity contribution is -0.121. The van der Waals surface area contributed by atoms with Gasteiger partial charge in [0.05, 0.1) is 17.8 Å². The lowest BCUT2D eigenvalue weighted by Crippen LogP contribution is -2.26. The molecule has 0 fully saturated rings. The summed E-state index contributed by atoms with van der Waals surface area (Å²) in [7, 11) is 0. The summed E-state index contributed by atoms with van der Waals surface area (Å²) in [5, 5.41) is 2.88. The lowest BCUT2D eigenvalue weighted by atomic mass is 10.1. The first-order valence-electron chi connectivity index (χ1n) is 8.12. The van der Waals surface area contributed by atoms with Crippen LogP contribution in [0.5, 0.6) is 0 Å². The molecule has 3 rings (SSSR count). The Balaban J connectivity index is 1.57. The molecule has 0 aliphatic rings. The Morgan fingerprint density at radius 2 is 2.00 bits per heavy atom. The van der Waals surface area contributed by atoms with E-state index in [2.05, 4.69) is 15.3 Å². The predicted molar refractivity (Wildman–Crippen MR) is 91.0 cm³/mol. The number of aryl methyl sites for hydroxylation is 1. The minimum atomic E-state index is -0.725. The van der Waals surface area contributed by atoms with Gasteiger partial charge in [0.2, 0.25) is 5.91 Å². The minimum absolute atomic E-state index is 0.126. The number of amides is 1. The first-order chi connectivity index (χ1) is 12.5. The number of hydrogen-bond donors (Lipinski definition) is 1. The quantitative estimate of drug-likeness (QED) is 0.728. The first-order valence-corrected chi connectivity index (χ1v) is 8.12. The summed E-state index contributed by atoms with van der Waals surface area (Å²) < 4.78 is 32.2. The molecule has 0 saturated carbocycles. The van der Waals surface area contributed by atoms with Crippen molar-refractivity contribution >= 4 is 5.91 Å². The Labute approximate surface area is 149 Å². The van der Waals surface area contributed by atoms with Crippen molar-refractivity contribution in [3.05, 3.63) is 72.0 Å². The van der Waals surface area contributed by atoms with Crippen molar-refractivity contribution in [1.82, 2.24) is 15.3 Å². The number of carbonyl (C=O) groups is 1. The van der Waals surface area contributed by atoms with Crippen molar-refractivity contribution in [2.24, 2.45) is 0 Å². The molecule has 1 aromatic carbocycles. The van der Waals surface area contributed by atoms with Crippen LogP contribution in [-0.2, 0) is 11.2 Å². The zero-order valence-corrected chi connectivity index (χ0v) is 14.1. The van der Waals surface area contributed by atoms with Gasteiger partial charge in [-0.05, 0) is 36.8 Å². The Kier molecular flexibility index (Phi) is 5.36. The van der Waals surface area contributed by atoms with E-state index >= 15 is 0 Å². The van der Waals surface area contributed by atoms with Gasteiger partial charge in [0, 0.05) is 31.3 Å². The number of nitrogens with zero attached hydrogens (tertiary/aromatic N) is 2. The Bertz CT molecular complexity index is 897. The summed E-state index contributed by atoms with van der Waals surface area (Å²) in [6.45, 7) is 1.88. The van der Waals surface area contributed by atoms with Crippen LogP contribution in [0.15, 0.2) is 53.3 Å². The lowest BCUT2D eigenvalue weighted by Gasteiger charge is -2.13. The van der Waals surface area contributed by atoms with Crippen LogP contribution in [0.2, 0.25) is 0 Å². The third-order valence-corrected chi connectivity index (χ3v) is 3.90. The van der Waals surface area contributed by atoms with Crippen LogP contribution in [0, 0.1) is 11.6 Å². The Morgan fingerprint density at radius 1 is 1.23 bits per heavy atom.